The maximum Gasteiger partial charge on any atom is 0.337 e. The van der Waals surface area contributed by atoms with Gasteiger partial charge in [0.1, 0.15) is 0 Å². The number of carbonyl (C=O) groups is 2. The maximum atomic E-state index is 12.3. The lowest BCUT2D eigenvalue weighted by Gasteiger charge is -2.30. The number of rotatable bonds is 8. The molecule has 0 saturated carbocycles. The van der Waals surface area contributed by atoms with E-state index < -0.39 is 5.97 Å². The molecule has 2 aromatic carbocycles. The molecular weight excluding hydrogens is 340 g/mol. The van der Waals surface area contributed by atoms with Crippen molar-refractivity contribution < 1.29 is 14.7 Å². The number of carbonyl (C=O) groups excluding carboxylic acids is 1. The fourth-order valence-electron chi connectivity index (χ4n) is 3.01. The average Bonchev–Trinajstić information content (AvgIpc) is 2.61. The second-order valence-electron chi connectivity index (χ2n) is 7.55. The number of amides is 1. The normalized spacial score (nSPS) is 10.9. The number of nitrogens with one attached hydrogen (secondary N) is 1. The van der Waals surface area contributed by atoms with Crippen molar-refractivity contribution in [1.29, 1.82) is 0 Å². The highest BCUT2D eigenvalue weighted by atomic mass is 16.4. The SMILES string of the molecule is CC(C)CN(CC(C)C)c1ccc(NC(=O)c2ccccc2)cc1C(=O)O. The van der Waals surface area contributed by atoms with Crippen LogP contribution in [0.4, 0.5) is 11.4 Å². The van der Waals surface area contributed by atoms with Crippen LogP contribution >= 0.6 is 0 Å². The van der Waals surface area contributed by atoms with Crippen LogP contribution in [0, 0.1) is 11.8 Å². The third-order valence-electron chi connectivity index (χ3n) is 4.03. The predicted octanol–water partition coefficient (Wildman–Crippen LogP) is 4.76. The van der Waals surface area contributed by atoms with Gasteiger partial charge in [-0.25, -0.2) is 4.79 Å². The zero-order chi connectivity index (χ0) is 20.0. The summed E-state index contributed by atoms with van der Waals surface area (Å²) in [4.78, 5) is 26.3. The summed E-state index contributed by atoms with van der Waals surface area (Å²) in [5.74, 6) is -0.454. The third kappa shape index (κ3) is 5.84. The molecule has 1 amide bonds. The summed E-state index contributed by atoms with van der Waals surface area (Å²) in [5, 5.41) is 12.5. The van der Waals surface area contributed by atoms with Gasteiger partial charge >= 0.3 is 5.97 Å². The Balaban J connectivity index is 2.32. The first-order valence-electron chi connectivity index (χ1n) is 9.26. The molecule has 0 aliphatic heterocycles. The molecule has 0 saturated heterocycles. The van der Waals surface area contributed by atoms with Gasteiger partial charge < -0.3 is 15.3 Å². The quantitative estimate of drug-likeness (QED) is 0.705. The molecule has 2 rings (SSSR count). The van der Waals surface area contributed by atoms with E-state index in [1.807, 2.05) is 6.07 Å². The Labute approximate surface area is 161 Å². The molecule has 27 heavy (non-hydrogen) atoms. The summed E-state index contributed by atoms with van der Waals surface area (Å²) in [7, 11) is 0. The number of aromatic carboxylic acids is 1. The zero-order valence-corrected chi connectivity index (χ0v) is 16.4. The van der Waals surface area contributed by atoms with E-state index in [4.69, 9.17) is 0 Å². The average molecular weight is 368 g/mol. The first-order chi connectivity index (χ1) is 12.8. The number of benzene rings is 2. The van der Waals surface area contributed by atoms with E-state index in [0.29, 0.717) is 28.8 Å². The van der Waals surface area contributed by atoms with Crippen LogP contribution in [0.3, 0.4) is 0 Å². The van der Waals surface area contributed by atoms with Gasteiger partial charge in [-0.2, -0.15) is 0 Å². The van der Waals surface area contributed by atoms with Gasteiger partial charge in [0, 0.05) is 24.3 Å². The molecule has 5 nitrogen and oxygen atoms in total. The third-order valence-corrected chi connectivity index (χ3v) is 4.03. The van der Waals surface area contributed by atoms with Crippen LogP contribution in [0.2, 0.25) is 0 Å². The van der Waals surface area contributed by atoms with Crippen molar-refractivity contribution in [3.8, 4) is 0 Å². The fourth-order valence-corrected chi connectivity index (χ4v) is 3.01. The number of nitrogens with zero attached hydrogens (tertiary/aromatic N) is 1. The van der Waals surface area contributed by atoms with Crippen molar-refractivity contribution in [2.45, 2.75) is 27.7 Å². The summed E-state index contributed by atoms with van der Waals surface area (Å²) >= 11 is 0. The molecule has 144 valence electrons. The zero-order valence-electron chi connectivity index (χ0n) is 16.4. The molecular formula is C22H28N2O3. The molecule has 0 aliphatic carbocycles. The standard InChI is InChI=1S/C22H28N2O3/c1-15(2)13-24(14-16(3)4)20-11-10-18(12-19(20)22(26)27)23-21(25)17-8-6-5-7-9-17/h5-12,15-16H,13-14H2,1-4H3,(H,23,25)(H,26,27). The van der Waals surface area contributed by atoms with Crippen molar-refractivity contribution >= 4 is 23.3 Å². The molecule has 0 radical (unpaired) electrons. The van der Waals surface area contributed by atoms with E-state index in [1.165, 1.54) is 6.07 Å². The van der Waals surface area contributed by atoms with Crippen LogP contribution < -0.4 is 10.2 Å². The van der Waals surface area contributed by atoms with Crippen LogP contribution in [0.1, 0.15) is 48.4 Å². The summed E-state index contributed by atoms with van der Waals surface area (Å²) in [6.45, 7) is 10.00. The van der Waals surface area contributed by atoms with E-state index in [2.05, 4.69) is 37.9 Å². The fraction of sp³-hybridized carbons (Fsp3) is 0.364. The molecule has 0 spiro atoms. The highest BCUT2D eigenvalue weighted by Gasteiger charge is 2.19. The summed E-state index contributed by atoms with van der Waals surface area (Å²) in [5.41, 5.74) is 1.88. The van der Waals surface area contributed by atoms with Gasteiger partial charge in [0.2, 0.25) is 0 Å². The van der Waals surface area contributed by atoms with Gasteiger partial charge in [0.25, 0.3) is 5.91 Å². The number of anilines is 2. The van der Waals surface area contributed by atoms with Crippen LogP contribution in [-0.4, -0.2) is 30.1 Å². The van der Waals surface area contributed by atoms with Gasteiger partial charge in [-0.1, -0.05) is 45.9 Å². The highest BCUT2D eigenvalue weighted by Crippen LogP contribution is 2.26. The summed E-state index contributed by atoms with van der Waals surface area (Å²) < 4.78 is 0. The predicted molar refractivity (Wildman–Crippen MR) is 110 cm³/mol. The van der Waals surface area contributed by atoms with Crippen molar-refractivity contribution in [3.63, 3.8) is 0 Å². The molecule has 0 fully saturated rings. The van der Waals surface area contributed by atoms with Crippen LogP contribution in [-0.2, 0) is 0 Å². The van der Waals surface area contributed by atoms with Crippen molar-refractivity contribution in [1.82, 2.24) is 0 Å². The Morgan fingerprint density at radius 1 is 0.963 bits per heavy atom. The topological polar surface area (TPSA) is 69.6 Å². The molecule has 0 aliphatic rings. The van der Waals surface area contributed by atoms with Gasteiger partial charge in [-0.3, -0.25) is 4.79 Å². The number of hydrogen-bond acceptors (Lipinski definition) is 3. The smallest absolute Gasteiger partial charge is 0.337 e. The molecule has 0 heterocycles. The van der Waals surface area contributed by atoms with E-state index in [1.54, 1.807) is 36.4 Å². The van der Waals surface area contributed by atoms with Crippen LogP contribution in [0.25, 0.3) is 0 Å². The minimum absolute atomic E-state index is 0.196. The molecule has 0 atom stereocenters. The maximum absolute atomic E-state index is 12.3. The largest absolute Gasteiger partial charge is 0.478 e. The van der Waals surface area contributed by atoms with E-state index >= 15 is 0 Å². The molecule has 2 aromatic rings. The minimum atomic E-state index is -1.00. The Morgan fingerprint density at radius 3 is 2.07 bits per heavy atom. The highest BCUT2D eigenvalue weighted by molar-refractivity contribution is 6.05. The summed E-state index contributed by atoms with van der Waals surface area (Å²) in [6, 6.07) is 13.9. The second-order valence-corrected chi connectivity index (χ2v) is 7.55. The Kier molecular flexibility index (Phi) is 6.99. The van der Waals surface area contributed by atoms with Gasteiger partial charge in [-0.05, 0) is 42.2 Å². The minimum Gasteiger partial charge on any atom is -0.478 e. The lowest BCUT2D eigenvalue weighted by atomic mass is 10.1. The lowest BCUT2D eigenvalue weighted by molar-refractivity contribution is 0.0697. The van der Waals surface area contributed by atoms with E-state index in [9.17, 15) is 14.7 Å². The van der Waals surface area contributed by atoms with E-state index in [-0.39, 0.29) is 11.5 Å². The monoisotopic (exact) mass is 368 g/mol. The number of carboxylic acid groups (broad SMARTS) is 1. The Morgan fingerprint density at radius 2 is 1.56 bits per heavy atom. The number of carboxylic acids is 1. The van der Waals surface area contributed by atoms with Crippen molar-refractivity contribution in [2.75, 3.05) is 23.3 Å². The lowest BCUT2D eigenvalue weighted by Crippen LogP contribution is -2.32. The summed E-state index contributed by atoms with van der Waals surface area (Å²) in [6.07, 6.45) is 0. The molecule has 2 N–H and O–H groups in total. The van der Waals surface area contributed by atoms with Crippen molar-refractivity contribution in [3.05, 3.63) is 59.7 Å². The molecule has 0 bridgehead atoms. The molecule has 0 aromatic heterocycles. The molecule has 5 heteroatoms. The van der Waals surface area contributed by atoms with Gasteiger partial charge in [-0.15, -0.1) is 0 Å². The molecule has 0 unspecified atom stereocenters. The second kappa shape index (κ2) is 9.21. The first-order valence-corrected chi connectivity index (χ1v) is 9.26. The first kappa shape index (κ1) is 20.5. The van der Waals surface area contributed by atoms with Gasteiger partial charge in [0.15, 0.2) is 0 Å². The van der Waals surface area contributed by atoms with Crippen LogP contribution in [0.5, 0.6) is 0 Å². The van der Waals surface area contributed by atoms with Crippen LogP contribution in [0.15, 0.2) is 48.5 Å². The van der Waals surface area contributed by atoms with Crippen molar-refractivity contribution in [2.24, 2.45) is 11.8 Å². The Hall–Kier alpha value is -2.82. The van der Waals surface area contributed by atoms with Gasteiger partial charge in [0.05, 0.1) is 11.3 Å². The number of hydrogen-bond donors (Lipinski definition) is 2. The van der Waals surface area contributed by atoms with E-state index in [0.717, 1.165) is 13.1 Å². The Bertz CT molecular complexity index is 775.